The van der Waals surface area contributed by atoms with Crippen molar-refractivity contribution in [2.24, 2.45) is 0 Å². The van der Waals surface area contributed by atoms with Gasteiger partial charge in [-0.1, -0.05) is 25.5 Å². The van der Waals surface area contributed by atoms with Crippen LogP contribution in [0.2, 0.25) is 0 Å². The van der Waals surface area contributed by atoms with Gasteiger partial charge in [-0.25, -0.2) is 0 Å². The highest BCUT2D eigenvalue weighted by Crippen LogP contribution is 2.52. The Morgan fingerprint density at radius 3 is 1.93 bits per heavy atom. The molecule has 0 saturated heterocycles. The van der Waals surface area contributed by atoms with Crippen LogP contribution < -0.4 is 9.80 Å². The molecule has 20 heteroatoms. The fraction of sp³-hybridized carbons (Fsp3) is 0.575. The molecule has 0 fully saturated rings. The van der Waals surface area contributed by atoms with Gasteiger partial charge >= 0.3 is 5.97 Å². The van der Waals surface area contributed by atoms with Crippen molar-refractivity contribution in [3.63, 3.8) is 0 Å². The molecule has 2 aliphatic heterocycles. The van der Waals surface area contributed by atoms with Crippen molar-refractivity contribution in [2.45, 2.75) is 85.5 Å². The number of allylic oxidation sites excluding steroid dienone is 3. The molecule has 0 aliphatic carbocycles. The number of hydrogen-bond donors (Lipinski definition) is 4. The predicted octanol–water partition coefficient (Wildman–Crippen LogP) is 4.87. The molecule has 3 unspecified atom stereocenters. The summed E-state index contributed by atoms with van der Waals surface area (Å²) in [5, 5.41) is 9.18. The summed E-state index contributed by atoms with van der Waals surface area (Å²) < 4.78 is 125. The molecular weight excluding hydrogens is 845 g/mol. The second-order valence-corrected chi connectivity index (χ2v) is 19.8. The number of carboxylic acids is 1. The molecule has 0 spiro atoms. The van der Waals surface area contributed by atoms with Crippen LogP contribution in [-0.2, 0) is 64.9 Å². The van der Waals surface area contributed by atoms with Gasteiger partial charge in [0.15, 0.2) is 0 Å². The van der Waals surface area contributed by atoms with E-state index in [-0.39, 0.29) is 48.8 Å². The molecule has 2 aromatic carbocycles. The zero-order chi connectivity index (χ0) is 44.4. The van der Waals surface area contributed by atoms with Gasteiger partial charge < -0.3 is 33.9 Å². The molecule has 0 saturated carbocycles. The van der Waals surface area contributed by atoms with E-state index in [9.17, 15) is 48.8 Å². The molecule has 17 nitrogen and oxygen atoms in total. The topological polar surface area (TPSA) is 244 Å². The molecule has 2 aromatic rings. The SMILES string of the molecule is COCCOCCOCCN1/C(=C/C=C/C2N(CCCCCC(=O)O)c3ccc(S(=O)(=O)O)cc3C2(C)CCOC)C(C)(CCCS(=O)(=O)O)c2cc(S(=O)(=O)O)ccc21. The van der Waals surface area contributed by atoms with Crippen LogP contribution in [0.5, 0.6) is 0 Å². The zero-order valence-electron chi connectivity index (χ0n) is 34.5. The van der Waals surface area contributed by atoms with Crippen LogP contribution in [0.1, 0.15) is 69.9 Å². The van der Waals surface area contributed by atoms with Gasteiger partial charge in [0.1, 0.15) is 0 Å². The number of anilines is 2. The van der Waals surface area contributed by atoms with Gasteiger partial charge in [0.05, 0.1) is 54.6 Å². The molecule has 4 N–H and O–H groups in total. The first-order valence-corrected chi connectivity index (χ1v) is 24.1. The fourth-order valence-corrected chi connectivity index (χ4v) is 9.64. The number of unbranched alkanes of at least 4 members (excludes halogenated alkanes) is 2. The Morgan fingerprint density at radius 2 is 1.33 bits per heavy atom. The molecule has 3 atom stereocenters. The Morgan fingerprint density at radius 1 is 0.733 bits per heavy atom. The molecule has 0 radical (unpaired) electrons. The van der Waals surface area contributed by atoms with Crippen LogP contribution in [-0.4, -0.2) is 129 Å². The molecule has 336 valence electrons. The van der Waals surface area contributed by atoms with Crippen LogP contribution in [0.3, 0.4) is 0 Å². The van der Waals surface area contributed by atoms with Crippen molar-refractivity contribution in [1.29, 1.82) is 0 Å². The Bertz CT molecular complexity index is 2200. The lowest BCUT2D eigenvalue weighted by atomic mass is 9.75. The molecule has 4 rings (SSSR count). The maximum Gasteiger partial charge on any atom is 0.303 e. The number of ether oxygens (including phenoxy) is 4. The van der Waals surface area contributed by atoms with E-state index in [0.717, 1.165) is 5.69 Å². The van der Waals surface area contributed by atoms with E-state index in [4.69, 9.17) is 18.9 Å². The number of methoxy groups -OCH3 is 2. The van der Waals surface area contributed by atoms with Gasteiger partial charge in [0.25, 0.3) is 30.4 Å². The summed E-state index contributed by atoms with van der Waals surface area (Å²) in [5.74, 6) is -1.43. The van der Waals surface area contributed by atoms with E-state index >= 15 is 0 Å². The van der Waals surface area contributed by atoms with Crippen molar-refractivity contribution >= 4 is 47.7 Å². The smallest absolute Gasteiger partial charge is 0.303 e. The summed E-state index contributed by atoms with van der Waals surface area (Å²) in [5.41, 5.74) is 1.38. The third-order valence-corrected chi connectivity index (χ3v) is 13.7. The first-order valence-electron chi connectivity index (χ1n) is 19.6. The number of carbonyl (C=O) groups is 1. The predicted molar refractivity (Wildman–Crippen MR) is 225 cm³/mol. The number of benzene rings is 2. The minimum Gasteiger partial charge on any atom is -0.481 e. The Hall–Kier alpha value is -3.44. The lowest BCUT2D eigenvalue weighted by Crippen LogP contribution is -2.43. The van der Waals surface area contributed by atoms with Crippen LogP contribution in [0.25, 0.3) is 0 Å². The van der Waals surface area contributed by atoms with Gasteiger partial charge in [-0.2, -0.15) is 25.3 Å². The Kier molecular flexibility index (Phi) is 17.3. The molecule has 2 heterocycles. The quantitative estimate of drug-likeness (QED) is 0.0727. The van der Waals surface area contributed by atoms with E-state index in [1.54, 1.807) is 26.4 Å². The van der Waals surface area contributed by atoms with Gasteiger partial charge in [0.2, 0.25) is 0 Å². The number of aliphatic carboxylic acids is 1. The minimum absolute atomic E-state index is 0.00780. The highest BCUT2D eigenvalue weighted by molar-refractivity contribution is 7.86. The third kappa shape index (κ3) is 12.6. The third-order valence-electron chi connectivity index (χ3n) is 11.2. The van der Waals surface area contributed by atoms with Gasteiger partial charge in [-0.05, 0) is 92.6 Å². The molecular formula is C40H58N2O15S3. The van der Waals surface area contributed by atoms with Gasteiger partial charge in [-0.15, -0.1) is 0 Å². The van der Waals surface area contributed by atoms with Crippen LogP contribution in [0, 0.1) is 0 Å². The lowest BCUT2D eigenvalue weighted by molar-refractivity contribution is -0.137. The lowest BCUT2D eigenvalue weighted by Gasteiger charge is -2.35. The number of rotatable bonds is 26. The molecule has 0 amide bonds. The van der Waals surface area contributed by atoms with Crippen molar-refractivity contribution in [3.8, 4) is 0 Å². The molecule has 60 heavy (non-hydrogen) atoms. The first-order chi connectivity index (χ1) is 28.2. The maximum absolute atomic E-state index is 12.4. The highest BCUT2D eigenvalue weighted by Gasteiger charge is 2.47. The van der Waals surface area contributed by atoms with E-state index < -0.39 is 58.9 Å². The van der Waals surface area contributed by atoms with Crippen molar-refractivity contribution in [3.05, 3.63) is 71.5 Å². The van der Waals surface area contributed by atoms with Crippen LogP contribution in [0.15, 0.2) is 70.1 Å². The fourth-order valence-electron chi connectivity index (χ4n) is 8.12. The summed E-state index contributed by atoms with van der Waals surface area (Å²) in [6.45, 7) is 6.55. The summed E-state index contributed by atoms with van der Waals surface area (Å²) in [6, 6.07) is 8.30. The summed E-state index contributed by atoms with van der Waals surface area (Å²) in [6.07, 6.45) is 8.01. The van der Waals surface area contributed by atoms with Crippen molar-refractivity contribution < 1.29 is 67.8 Å². The Labute approximate surface area is 353 Å². The maximum atomic E-state index is 12.4. The van der Waals surface area contributed by atoms with E-state index in [0.29, 0.717) is 81.2 Å². The Balaban J connectivity index is 1.82. The number of carboxylic acid groups (broad SMARTS) is 1. The van der Waals surface area contributed by atoms with Crippen LogP contribution >= 0.6 is 0 Å². The van der Waals surface area contributed by atoms with E-state index in [1.807, 2.05) is 37.0 Å². The normalized spacial score (nSPS) is 21.3. The van der Waals surface area contributed by atoms with Crippen molar-refractivity contribution in [1.82, 2.24) is 0 Å². The van der Waals surface area contributed by atoms with Crippen molar-refractivity contribution in [2.75, 3.05) is 82.5 Å². The standard InChI is InChI=1S/C40H58N2O15S3/c1-39(17-9-27-58(45,46)47)32-28-30(59(48,49)50)14-16-35(32)42(20-22-56-25-26-57-24-23-55-4)36(39)10-8-11-37-40(2,18-21-54-3)33-29-31(60(51,52)53)13-15-34(33)41(37)19-7-5-6-12-38(43)44/h8,10-11,13-16,28-29,37H,5-7,9,12,17-27H2,1-4H3,(H,43,44)(H,45,46,47)(H,48,49,50)(H,51,52,53)/b11-8+,36-10+. The average Bonchev–Trinajstić information content (AvgIpc) is 3.53. The summed E-state index contributed by atoms with van der Waals surface area (Å²) >= 11 is 0. The second kappa shape index (κ2) is 21.1. The van der Waals surface area contributed by atoms with Gasteiger partial charge in [-0.3, -0.25) is 18.5 Å². The van der Waals surface area contributed by atoms with E-state index in [1.165, 1.54) is 24.3 Å². The largest absolute Gasteiger partial charge is 0.481 e. The first kappa shape index (κ1) is 49.2. The molecule has 0 bridgehead atoms. The van der Waals surface area contributed by atoms with Crippen LogP contribution in [0.4, 0.5) is 11.4 Å². The zero-order valence-corrected chi connectivity index (χ0v) is 36.9. The number of nitrogens with zero attached hydrogens (tertiary/aromatic N) is 2. The summed E-state index contributed by atoms with van der Waals surface area (Å²) in [4.78, 5) is 14.7. The van der Waals surface area contributed by atoms with Gasteiger partial charge in [0, 0.05) is 68.2 Å². The molecule has 0 aromatic heterocycles. The highest BCUT2D eigenvalue weighted by atomic mass is 32.2. The number of fused-ring (bicyclic) bond motifs is 2. The second-order valence-electron chi connectivity index (χ2n) is 15.3. The number of hydrogen-bond acceptors (Lipinski definition) is 13. The monoisotopic (exact) mass is 902 g/mol. The van der Waals surface area contributed by atoms with E-state index in [2.05, 4.69) is 4.90 Å². The minimum atomic E-state index is -4.63. The molecule has 2 aliphatic rings. The average molecular weight is 903 g/mol. The summed E-state index contributed by atoms with van der Waals surface area (Å²) in [7, 11) is -10.4.